The molecule has 0 aliphatic rings. The quantitative estimate of drug-likeness (QED) is 0.586. The van der Waals surface area contributed by atoms with Gasteiger partial charge in [-0.2, -0.15) is 0 Å². The summed E-state index contributed by atoms with van der Waals surface area (Å²) in [6.45, 7) is 0. The number of nitrogens with zero attached hydrogens (tertiary/aromatic N) is 2. The lowest BCUT2D eigenvalue weighted by Gasteiger charge is -2.09. The van der Waals surface area contributed by atoms with Gasteiger partial charge in [-0.25, -0.2) is 0 Å². The molecule has 3 aromatic rings. The Morgan fingerprint density at radius 2 is 2.00 bits per heavy atom. The monoisotopic (exact) mass is 323 g/mol. The molecule has 0 saturated heterocycles. The summed E-state index contributed by atoms with van der Waals surface area (Å²) in [6, 6.07) is 13.0. The van der Waals surface area contributed by atoms with E-state index in [1.807, 2.05) is 12.1 Å². The fourth-order valence-electron chi connectivity index (χ4n) is 2.38. The van der Waals surface area contributed by atoms with Gasteiger partial charge in [-0.3, -0.25) is 19.9 Å². The van der Waals surface area contributed by atoms with Crippen molar-refractivity contribution in [2.75, 3.05) is 12.4 Å². The van der Waals surface area contributed by atoms with Crippen LogP contribution in [0.2, 0.25) is 0 Å². The summed E-state index contributed by atoms with van der Waals surface area (Å²) in [7, 11) is 1.43. The lowest BCUT2D eigenvalue weighted by atomic mass is 10.1. The summed E-state index contributed by atoms with van der Waals surface area (Å²) >= 11 is 0. The molecule has 0 spiro atoms. The van der Waals surface area contributed by atoms with E-state index in [9.17, 15) is 14.9 Å². The topological polar surface area (TPSA) is 94.4 Å². The second-order valence-corrected chi connectivity index (χ2v) is 4.98. The molecule has 2 aromatic carbocycles. The normalized spacial score (nSPS) is 10.4. The molecule has 0 fully saturated rings. The van der Waals surface area contributed by atoms with Crippen LogP contribution in [0.4, 0.5) is 11.4 Å². The first kappa shape index (κ1) is 15.4. The molecule has 0 atom stereocenters. The van der Waals surface area contributed by atoms with Crippen molar-refractivity contribution in [3.63, 3.8) is 0 Å². The fraction of sp³-hybridized carbons (Fsp3) is 0.0588. The number of benzene rings is 2. The van der Waals surface area contributed by atoms with Crippen LogP contribution >= 0.6 is 0 Å². The second kappa shape index (κ2) is 6.33. The SMILES string of the molecule is COc1ccc([N+](=O)[O-])c(C(=O)Nc2cccc3cccnc23)c1. The highest BCUT2D eigenvalue weighted by Gasteiger charge is 2.21. The smallest absolute Gasteiger partial charge is 0.282 e. The first-order valence-electron chi connectivity index (χ1n) is 7.07. The van der Waals surface area contributed by atoms with E-state index >= 15 is 0 Å². The number of nitro benzene ring substituents is 1. The van der Waals surface area contributed by atoms with Gasteiger partial charge in [0.2, 0.25) is 0 Å². The van der Waals surface area contributed by atoms with E-state index in [0.717, 1.165) is 5.39 Å². The highest BCUT2D eigenvalue weighted by molar-refractivity contribution is 6.10. The molecule has 0 aliphatic carbocycles. The van der Waals surface area contributed by atoms with Gasteiger partial charge in [0.05, 0.1) is 23.2 Å². The van der Waals surface area contributed by atoms with Gasteiger partial charge in [0, 0.05) is 17.6 Å². The Morgan fingerprint density at radius 1 is 1.21 bits per heavy atom. The minimum absolute atomic E-state index is 0.0766. The van der Waals surface area contributed by atoms with E-state index < -0.39 is 10.8 Å². The van der Waals surface area contributed by atoms with Crippen LogP contribution in [0, 0.1) is 10.1 Å². The number of hydrogen-bond acceptors (Lipinski definition) is 5. The van der Waals surface area contributed by atoms with E-state index in [0.29, 0.717) is 17.0 Å². The van der Waals surface area contributed by atoms with Gasteiger partial charge >= 0.3 is 0 Å². The average molecular weight is 323 g/mol. The summed E-state index contributed by atoms with van der Waals surface area (Å²) in [5.41, 5.74) is 0.725. The third-order valence-electron chi connectivity index (χ3n) is 3.53. The number of hydrogen-bond donors (Lipinski definition) is 1. The first-order valence-corrected chi connectivity index (χ1v) is 7.07. The van der Waals surface area contributed by atoms with Crippen LogP contribution in [0.3, 0.4) is 0 Å². The highest BCUT2D eigenvalue weighted by Crippen LogP contribution is 2.26. The van der Waals surface area contributed by atoms with Crippen molar-refractivity contribution in [1.82, 2.24) is 4.98 Å². The van der Waals surface area contributed by atoms with Gasteiger partial charge in [-0.15, -0.1) is 0 Å². The van der Waals surface area contributed by atoms with Crippen LogP contribution in [0.15, 0.2) is 54.7 Å². The Labute approximate surface area is 137 Å². The Balaban J connectivity index is 2.02. The molecular weight excluding hydrogens is 310 g/mol. The molecule has 24 heavy (non-hydrogen) atoms. The summed E-state index contributed by atoms with van der Waals surface area (Å²) < 4.78 is 5.05. The maximum absolute atomic E-state index is 12.6. The van der Waals surface area contributed by atoms with Crippen molar-refractivity contribution in [1.29, 1.82) is 0 Å². The number of nitrogens with one attached hydrogen (secondary N) is 1. The maximum Gasteiger partial charge on any atom is 0.282 e. The Hall–Kier alpha value is -3.48. The maximum atomic E-state index is 12.6. The van der Waals surface area contributed by atoms with E-state index in [-0.39, 0.29) is 11.3 Å². The molecule has 1 N–H and O–H groups in total. The van der Waals surface area contributed by atoms with E-state index in [2.05, 4.69) is 10.3 Å². The molecule has 120 valence electrons. The number of rotatable bonds is 4. The molecule has 1 amide bonds. The van der Waals surface area contributed by atoms with Gasteiger partial charge in [0.25, 0.3) is 11.6 Å². The lowest BCUT2D eigenvalue weighted by Crippen LogP contribution is -2.14. The van der Waals surface area contributed by atoms with Crippen LogP contribution in [0.25, 0.3) is 10.9 Å². The van der Waals surface area contributed by atoms with Crippen LogP contribution in [0.5, 0.6) is 5.75 Å². The highest BCUT2D eigenvalue weighted by atomic mass is 16.6. The number of anilines is 1. The molecule has 0 aliphatic heterocycles. The Bertz CT molecular complexity index is 935. The largest absolute Gasteiger partial charge is 0.497 e. The first-order chi connectivity index (χ1) is 11.6. The number of aromatic nitrogens is 1. The number of pyridine rings is 1. The average Bonchev–Trinajstić information content (AvgIpc) is 2.61. The van der Waals surface area contributed by atoms with Crippen molar-refractivity contribution in [3.8, 4) is 5.75 Å². The molecule has 0 radical (unpaired) electrons. The van der Waals surface area contributed by atoms with Gasteiger partial charge in [-0.1, -0.05) is 18.2 Å². The van der Waals surface area contributed by atoms with E-state index in [1.165, 1.54) is 25.3 Å². The predicted octanol–water partition coefficient (Wildman–Crippen LogP) is 3.40. The molecule has 7 nitrogen and oxygen atoms in total. The number of fused-ring (bicyclic) bond motifs is 1. The summed E-state index contributed by atoms with van der Waals surface area (Å²) in [5, 5.41) is 14.7. The predicted molar refractivity (Wildman–Crippen MR) is 89.3 cm³/mol. The summed E-state index contributed by atoms with van der Waals surface area (Å²) in [4.78, 5) is 27.4. The minimum Gasteiger partial charge on any atom is -0.497 e. The number of para-hydroxylation sites is 1. The van der Waals surface area contributed by atoms with Crippen LogP contribution in [0.1, 0.15) is 10.4 Å². The summed E-state index contributed by atoms with van der Waals surface area (Å²) in [5.74, 6) is -0.236. The zero-order chi connectivity index (χ0) is 17.1. The molecule has 0 saturated carbocycles. The molecular formula is C17H13N3O4. The zero-order valence-corrected chi connectivity index (χ0v) is 12.7. The molecule has 0 unspecified atom stereocenters. The van der Waals surface area contributed by atoms with E-state index in [4.69, 9.17) is 4.74 Å². The number of carbonyl (C=O) groups excluding carboxylic acids is 1. The molecule has 1 heterocycles. The second-order valence-electron chi connectivity index (χ2n) is 4.98. The lowest BCUT2D eigenvalue weighted by molar-refractivity contribution is -0.385. The van der Waals surface area contributed by atoms with Crippen molar-refractivity contribution in [2.24, 2.45) is 0 Å². The Morgan fingerprint density at radius 3 is 2.75 bits per heavy atom. The van der Waals surface area contributed by atoms with Crippen molar-refractivity contribution < 1.29 is 14.5 Å². The van der Waals surface area contributed by atoms with Gasteiger partial charge in [-0.05, 0) is 24.3 Å². The number of nitro groups is 1. The number of methoxy groups -OCH3 is 1. The number of carbonyl (C=O) groups is 1. The van der Waals surface area contributed by atoms with Gasteiger partial charge in [0.15, 0.2) is 0 Å². The van der Waals surface area contributed by atoms with Crippen LogP contribution in [-0.2, 0) is 0 Å². The molecule has 1 aromatic heterocycles. The zero-order valence-electron chi connectivity index (χ0n) is 12.7. The molecule has 0 bridgehead atoms. The van der Waals surface area contributed by atoms with E-state index in [1.54, 1.807) is 24.4 Å². The number of ether oxygens (including phenoxy) is 1. The van der Waals surface area contributed by atoms with Gasteiger partial charge < -0.3 is 10.1 Å². The number of amides is 1. The summed E-state index contributed by atoms with van der Waals surface area (Å²) in [6.07, 6.45) is 1.62. The van der Waals surface area contributed by atoms with Crippen molar-refractivity contribution >= 4 is 28.2 Å². The van der Waals surface area contributed by atoms with Crippen molar-refractivity contribution in [2.45, 2.75) is 0 Å². The van der Waals surface area contributed by atoms with Crippen LogP contribution < -0.4 is 10.1 Å². The van der Waals surface area contributed by atoms with Crippen molar-refractivity contribution in [3.05, 3.63) is 70.4 Å². The third-order valence-corrected chi connectivity index (χ3v) is 3.53. The minimum atomic E-state index is -0.601. The fourth-order valence-corrected chi connectivity index (χ4v) is 2.38. The Kier molecular flexibility index (Phi) is 4.07. The standard InChI is InChI=1S/C17H13N3O4/c1-24-12-7-8-15(20(22)23)13(10-12)17(21)19-14-6-2-4-11-5-3-9-18-16(11)14/h2-10H,1H3,(H,19,21). The molecule has 7 heteroatoms. The van der Waals surface area contributed by atoms with Crippen LogP contribution in [-0.4, -0.2) is 22.9 Å². The third kappa shape index (κ3) is 2.87. The van der Waals surface area contributed by atoms with Gasteiger partial charge in [0.1, 0.15) is 11.3 Å². The molecule has 3 rings (SSSR count).